The summed E-state index contributed by atoms with van der Waals surface area (Å²) in [4.78, 5) is 13.6. The number of carbonyl (C=O) groups excluding carboxylic acids is 1. The third-order valence-corrected chi connectivity index (χ3v) is 13.5. The first kappa shape index (κ1) is 32.3. The maximum Gasteiger partial charge on any atom is 0.416 e. The van der Waals surface area contributed by atoms with Crippen LogP contribution in [-0.2, 0) is 24.9 Å². The molecular weight excluding hydrogens is 633 g/mol. The second kappa shape index (κ2) is 12.9. The van der Waals surface area contributed by atoms with E-state index in [0.717, 1.165) is 27.3 Å². The van der Waals surface area contributed by atoms with Crippen LogP contribution in [0.3, 0.4) is 0 Å². The average molecular weight is 664 g/mol. The second-order valence-corrected chi connectivity index (χ2v) is 15.3. The summed E-state index contributed by atoms with van der Waals surface area (Å²) in [5.74, 6) is 0. The van der Waals surface area contributed by atoms with E-state index in [9.17, 15) is 31.1 Å². The summed E-state index contributed by atoms with van der Waals surface area (Å²) in [6, 6.07) is 37.6. The van der Waals surface area contributed by atoms with Gasteiger partial charge < -0.3 is 10.6 Å². The van der Waals surface area contributed by atoms with E-state index in [4.69, 9.17) is 0 Å². The molecule has 1 aliphatic rings. The Morgan fingerprint density at radius 3 is 1.68 bits per heavy atom. The predicted molar refractivity (Wildman–Crippen MR) is 174 cm³/mol. The van der Waals surface area contributed by atoms with Gasteiger partial charge in [0.1, 0.15) is 5.66 Å². The monoisotopic (exact) mass is 663 g/mol. The number of benzene rings is 5. The second-order valence-electron chi connectivity index (χ2n) is 11.5. The molecule has 0 heterocycles. The molecule has 240 valence electrons. The van der Waals surface area contributed by atoms with Crippen molar-refractivity contribution < 1.29 is 31.1 Å². The molecule has 0 aromatic heterocycles. The predicted octanol–water partition coefficient (Wildman–Crippen LogP) is 9.38. The molecule has 5 aromatic carbocycles. The van der Waals surface area contributed by atoms with E-state index in [1.807, 2.05) is 78.9 Å². The number of hydrogen-bond donors (Lipinski definition) is 2. The van der Waals surface area contributed by atoms with Gasteiger partial charge in [0.05, 0.1) is 41.2 Å². The number of alkyl halides is 6. The summed E-state index contributed by atoms with van der Waals surface area (Å²) in [6.07, 6.45) is -8.82. The zero-order valence-electron chi connectivity index (χ0n) is 24.9. The van der Waals surface area contributed by atoms with Crippen LogP contribution in [0.25, 0.3) is 0 Å². The highest BCUT2D eigenvalue weighted by Gasteiger charge is 2.56. The standard InChI is InChI=1S/C37H29F6N2OP/c38-36(39,40)27-21-28(37(41,42)43)23-29(22-27)44-35(46)45-34-32-19-11-10-14-26(32)20-33(34)47(30-15-6-2-7-16-30,31-17-8-3-9-18-31)24-25-12-4-1-5-13-25/h1-19,21-23,33-34H,20,24H2,(H-,44,45,46)/p+1/t33-,34-/m0/s1. The van der Waals surface area contributed by atoms with Gasteiger partial charge in [0.25, 0.3) is 0 Å². The van der Waals surface area contributed by atoms with Gasteiger partial charge in [0.2, 0.25) is 0 Å². The van der Waals surface area contributed by atoms with Gasteiger partial charge in [0.15, 0.2) is 0 Å². The van der Waals surface area contributed by atoms with Crippen LogP contribution >= 0.6 is 7.26 Å². The fraction of sp³-hybridized carbons (Fsp3) is 0.162. The fourth-order valence-electron chi connectivity index (χ4n) is 6.58. The lowest BCUT2D eigenvalue weighted by Crippen LogP contribution is -2.42. The van der Waals surface area contributed by atoms with Crippen molar-refractivity contribution in [3.63, 3.8) is 0 Å². The number of urea groups is 1. The third-order valence-electron chi connectivity index (χ3n) is 8.61. The van der Waals surface area contributed by atoms with Gasteiger partial charge in [-0.3, -0.25) is 0 Å². The highest BCUT2D eigenvalue weighted by molar-refractivity contribution is 7.89. The molecule has 0 saturated carbocycles. The average Bonchev–Trinajstić information content (AvgIpc) is 3.42. The molecule has 5 aromatic rings. The summed E-state index contributed by atoms with van der Waals surface area (Å²) in [5, 5.41) is 7.52. The van der Waals surface area contributed by atoms with Gasteiger partial charge in [-0.1, -0.05) is 91.0 Å². The molecular formula is C37H30F6N2OP+. The number of amides is 2. The molecule has 1 aliphatic carbocycles. The lowest BCUT2D eigenvalue weighted by Gasteiger charge is -2.36. The van der Waals surface area contributed by atoms with Crippen LogP contribution < -0.4 is 21.2 Å². The number of carbonyl (C=O) groups is 1. The van der Waals surface area contributed by atoms with Crippen molar-refractivity contribution in [2.45, 2.75) is 36.6 Å². The highest BCUT2D eigenvalue weighted by atomic mass is 31.2. The van der Waals surface area contributed by atoms with Gasteiger partial charge in [-0.25, -0.2) is 4.79 Å². The topological polar surface area (TPSA) is 41.1 Å². The van der Waals surface area contributed by atoms with E-state index in [1.165, 1.54) is 0 Å². The molecule has 0 bridgehead atoms. The molecule has 0 spiro atoms. The molecule has 47 heavy (non-hydrogen) atoms. The molecule has 0 saturated heterocycles. The minimum Gasteiger partial charge on any atom is -0.327 e. The summed E-state index contributed by atoms with van der Waals surface area (Å²) in [5.41, 5.74) is -0.828. The SMILES string of the molecule is O=C(Nc1cc(C(F)(F)F)cc(C(F)(F)F)c1)N[C@H]1c2ccccc2C[C@@H]1[P+](Cc1ccccc1)(c1ccccc1)c1ccccc1. The Balaban J connectivity index is 1.45. The zero-order valence-corrected chi connectivity index (χ0v) is 25.8. The quantitative estimate of drug-likeness (QED) is 0.132. The molecule has 0 radical (unpaired) electrons. The Morgan fingerprint density at radius 1 is 0.660 bits per heavy atom. The van der Waals surface area contributed by atoms with Crippen LogP contribution in [0, 0.1) is 0 Å². The summed E-state index contributed by atoms with van der Waals surface area (Å²) >= 11 is 0. The van der Waals surface area contributed by atoms with Crippen molar-refractivity contribution in [1.29, 1.82) is 0 Å². The summed E-state index contributed by atoms with van der Waals surface area (Å²) < 4.78 is 81.3. The lowest BCUT2D eigenvalue weighted by molar-refractivity contribution is -0.143. The van der Waals surface area contributed by atoms with Crippen LogP contribution in [0.4, 0.5) is 36.8 Å². The van der Waals surface area contributed by atoms with Crippen LogP contribution in [-0.4, -0.2) is 11.7 Å². The Kier molecular flexibility index (Phi) is 8.86. The first-order valence-corrected chi connectivity index (χ1v) is 17.0. The zero-order chi connectivity index (χ0) is 33.2. The first-order chi connectivity index (χ1) is 22.4. The van der Waals surface area contributed by atoms with Crippen LogP contribution in [0.2, 0.25) is 0 Å². The van der Waals surface area contributed by atoms with E-state index in [-0.39, 0.29) is 11.7 Å². The van der Waals surface area contributed by atoms with Crippen molar-refractivity contribution in [2.24, 2.45) is 0 Å². The molecule has 0 aliphatic heterocycles. The normalized spacial score (nSPS) is 16.4. The molecule has 6 rings (SSSR count). The Bertz CT molecular complexity index is 1770. The molecule has 3 nitrogen and oxygen atoms in total. The van der Waals surface area contributed by atoms with E-state index < -0.39 is 48.5 Å². The molecule has 2 atom stereocenters. The van der Waals surface area contributed by atoms with E-state index in [1.54, 1.807) is 0 Å². The number of halogens is 6. The van der Waals surface area contributed by atoms with Crippen molar-refractivity contribution >= 4 is 29.6 Å². The molecule has 0 unspecified atom stereocenters. The molecule has 10 heteroatoms. The number of anilines is 1. The Labute approximate surface area is 269 Å². The van der Waals surface area contributed by atoms with Gasteiger partial charge >= 0.3 is 18.4 Å². The highest BCUT2D eigenvalue weighted by Crippen LogP contribution is 2.68. The van der Waals surface area contributed by atoms with Gasteiger partial charge in [-0.15, -0.1) is 0 Å². The van der Waals surface area contributed by atoms with Crippen molar-refractivity contribution in [2.75, 3.05) is 5.32 Å². The Morgan fingerprint density at radius 2 is 1.15 bits per heavy atom. The number of fused-ring (bicyclic) bond motifs is 1. The third kappa shape index (κ3) is 6.77. The lowest BCUT2D eigenvalue weighted by atomic mass is 10.1. The van der Waals surface area contributed by atoms with E-state index >= 15 is 0 Å². The van der Waals surface area contributed by atoms with Crippen molar-refractivity contribution in [3.8, 4) is 0 Å². The van der Waals surface area contributed by atoms with Gasteiger partial charge in [0, 0.05) is 12.1 Å². The molecule has 0 fully saturated rings. The molecule has 2 amide bonds. The summed E-state index contributed by atoms with van der Waals surface area (Å²) in [6.45, 7) is 0. The minimum atomic E-state index is -5.05. The van der Waals surface area contributed by atoms with Crippen molar-refractivity contribution in [3.05, 3.63) is 161 Å². The van der Waals surface area contributed by atoms with Crippen LogP contribution in [0.15, 0.2) is 133 Å². The van der Waals surface area contributed by atoms with Crippen LogP contribution in [0.1, 0.15) is 33.9 Å². The number of hydrogen-bond acceptors (Lipinski definition) is 1. The smallest absolute Gasteiger partial charge is 0.327 e. The number of nitrogens with one attached hydrogen (secondary N) is 2. The van der Waals surface area contributed by atoms with E-state index in [0.29, 0.717) is 24.7 Å². The maximum absolute atomic E-state index is 13.6. The Hall–Kier alpha value is -4.62. The summed E-state index contributed by atoms with van der Waals surface area (Å²) in [7, 11) is -2.45. The van der Waals surface area contributed by atoms with Gasteiger partial charge in [-0.2, -0.15) is 26.3 Å². The fourth-order valence-corrected chi connectivity index (χ4v) is 11.7. The van der Waals surface area contributed by atoms with Crippen molar-refractivity contribution in [1.82, 2.24) is 5.32 Å². The molecule has 2 N–H and O–H groups in total. The largest absolute Gasteiger partial charge is 0.416 e. The van der Waals surface area contributed by atoms with E-state index in [2.05, 4.69) is 47.0 Å². The first-order valence-electron chi connectivity index (χ1n) is 14.9. The minimum absolute atomic E-state index is 0.0362. The maximum atomic E-state index is 13.6. The number of rotatable bonds is 7. The van der Waals surface area contributed by atoms with Gasteiger partial charge in [-0.05, 0) is 59.2 Å². The van der Waals surface area contributed by atoms with Crippen LogP contribution in [0.5, 0.6) is 0 Å².